The number of hydrogen-bond donors (Lipinski definition) is 3. The third-order valence-corrected chi connectivity index (χ3v) is 4.18. The Balaban J connectivity index is 1.98. The first-order chi connectivity index (χ1) is 9.99. The zero-order chi connectivity index (χ0) is 15.4. The van der Waals surface area contributed by atoms with Crippen LogP contribution in [0.15, 0.2) is 18.2 Å². The Morgan fingerprint density at radius 3 is 2.76 bits per heavy atom. The number of amides is 2. The maximum absolute atomic E-state index is 12.0. The summed E-state index contributed by atoms with van der Waals surface area (Å²) in [5.41, 5.74) is 0.375. The number of anilines is 1. The molecule has 0 saturated heterocycles. The number of carboxylic acid groups (broad SMARTS) is 1. The van der Waals surface area contributed by atoms with Crippen molar-refractivity contribution in [2.24, 2.45) is 0 Å². The molecule has 6 nitrogen and oxygen atoms in total. The number of carbonyl (C=O) groups is 2. The lowest BCUT2D eigenvalue weighted by atomic mass is 10.2. The summed E-state index contributed by atoms with van der Waals surface area (Å²) in [5.74, 6) is -1.07. The standard InChI is InChI=1S/C14H17IN2O4/c1-21-10-4-3-9(7-10)16-14(20)17-12-5-2-8(15)6-11(12)13(18)19/h2,5-6,9-10H,3-4,7H2,1H3,(H,18,19)(H2,16,17,20). The molecule has 2 atom stereocenters. The fourth-order valence-corrected chi connectivity index (χ4v) is 2.92. The molecule has 2 rings (SSSR count). The van der Waals surface area contributed by atoms with E-state index >= 15 is 0 Å². The van der Waals surface area contributed by atoms with Gasteiger partial charge < -0.3 is 20.5 Å². The number of halogens is 1. The van der Waals surface area contributed by atoms with Crippen LogP contribution in [0.4, 0.5) is 10.5 Å². The second kappa shape index (κ2) is 7.08. The van der Waals surface area contributed by atoms with E-state index in [1.165, 1.54) is 6.07 Å². The highest BCUT2D eigenvalue weighted by molar-refractivity contribution is 14.1. The van der Waals surface area contributed by atoms with Gasteiger partial charge in [0.2, 0.25) is 0 Å². The first-order valence-electron chi connectivity index (χ1n) is 6.62. The van der Waals surface area contributed by atoms with Gasteiger partial charge in [0.15, 0.2) is 0 Å². The number of carboxylic acids is 1. The number of rotatable bonds is 4. The topological polar surface area (TPSA) is 87.7 Å². The second-order valence-electron chi connectivity index (χ2n) is 4.96. The van der Waals surface area contributed by atoms with Gasteiger partial charge in [0.05, 0.1) is 17.4 Å². The minimum absolute atomic E-state index is 0.0621. The van der Waals surface area contributed by atoms with Crippen molar-refractivity contribution < 1.29 is 19.4 Å². The molecule has 1 aromatic rings. The van der Waals surface area contributed by atoms with Crippen LogP contribution in [0.5, 0.6) is 0 Å². The van der Waals surface area contributed by atoms with Crippen LogP contribution in [0.2, 0.25) is 0 Å². The van der Waals surface area contributed by atoms with Crippen molar-refractivity contribution in [3.63, 3.8) is 0 Å². The number of methoxy groups -OCH3 is 1. The molecule has 7 heteroatoms. The van der Waals surface area contributed by atoms with E-state index in [9.17, 15) is 9.59 Å². The summed E-state index contributed by atoms with van der Waals surface area (Å²) >= 11 is 2.03. The molecule has 3 N–H and O–H groups in total. The van der Waals surface area contributed by atoms with Gasteiger partial charge in [-0.05, 0) is 60.1 Å². The quantitative estimate of drug-likeness (QED) is 0.674. The van der Waals surface area contributed by atoms with Crippen molar-refractivity contribution in [2.75, 3.05) is 12.4 Å². The van der Waals surface area contributed by atoms with E-state index in [1.54, 1.807) is 19.2 Å². The molecule has 0 radical (unpaired) electrons. The van der Waals surface area contributed by atoms with E-state index in [2.05, 4.69) is 10.6 Å². The molecule has 0 heterocycles. The van der Waals surface area contributed by atoms with Gasteiger partial charge in [-0.15, -0.1) is 0 Å². The smallest absolute Gasteiger partial charge is 0.337 e. The summed E-state index contributed by atoms with van der Waals surface area (Å²) in [6.45, 7) is 0. The van der Waals surface area contributed by atoms with Gasteiger partial charge in [-0.1, -0.05) is 0 Å². The Bertz CT molecular complexity index is 550. The molecule has 0 aliphatic heterocycles. The summed E-state index contributed by atoms with van der Waals surface area (Å²) in [6.07, 6.45) is 2.75. The number of hydrogen-bond acceptors (Lipinski definition) is 3. The lowest BCUT2D eigenvalue weighted by molar-refractivity contribution is 0.0698. The van der Waals surface area contributed by atoms with Gasteiger partial charge >= 0.3 is 12.0 Å². The van der Waals surface area contributed by atoms with Crippen LogP contribution in [0, 0.1) is 3.57 Å². The number of ether oxygens (including phenoxy) is 1. The van der Waals surface area contributed by atoms with Gasteiger partial charge in [-0.25, -0.2) is 9.59 Å². The fraction of sp³-hybridized carbons (Fsp3) is 0.429. The van der Waals surface area contributed by atoms with E-state index in [-0.39, 0.29) is 23.7 Å². The van der Waals surface area contributed by atoms with E-state index in [1.807, 2.05) is 22.6 Å². The van der Waals surface area contributed by atoms with Crippen LogP contribution >= 0.6 is 22.6 Å². The van der Waals surface area contributed by atoms with E-state index < -0.39 is 5.97 Å². The first kappa shape index (κ1) is 16.0. The predicted octanol–water partition coefficient (Wildman–Crippen LogP) is 2.68. The van der Waals surface area contributed by atoms with Crippen molar-refractivity contribution in [3.05, 3.63) is 27.3 Å². The molecule has 0 spiro atoms. The van der Waals surface area contributed by atoms with Crippen molar-refractivity contribution in [3.8, 4) is 0 Å². The summed E-state index contributed by atoms with van der Waals surface area (Å²) in [6, 6.07) is 4.54. The molecule has 1 aliphatic rings. The van der Waals surface area contributed by atoms with E-state index in [0.29, 0.717) is 5.69 Å². The molecular weight excluding hydrogens is 387 g/mol. The van der Waals surface area contributed by atoms with Crippen molar-refractivity contribution in [2.45, 2.75) is 31.4 Å². The number of carbonyl (C=O) groups excluding carboxylic acids is 1. The largest absolute Gasteiger partial charge is 0.478 e. The van der Waals surface area contributed by atoms with Crippen molar-refractivity contribution >= 4 is 40.3 Å². The zero-order valence-corrected chi connectivity index (χ0v) is 13.7. The predicted molar refractivity (Wildman–Crippen MR) is 86.7 cm³/mol. The maximum atomic E-state index is 12.0. The van der Waals surface area contributed by atoms with Crippen LogP contribution < -0.4 is 10.6 Å². The highest BCUT2D eigenvalue weighted by Gasteiger charge is 2.25. The maximum Gasteiger partial charge on any atom is 0.337 e. The molecule has 114 valence electrons. The monoisotopic (exact) mass is 404 g/mol. The molecule has 0 bridgehead atoms. The second-order valence-corrected chi connectivity index (χ2v) is 6.21. The van der Waals surface area contributed by atoms with Gasteiger partial charge in [0.25, 0.3) is 0 Å². The normalized spacial score (nSPS) is 21.0. The van der Waals surface area contributed by atoms with Gasteiger partial charge in [0.1, 0.15) is 0 Å². The average molecular weight is 404 g/mol. The molecular formula is C14H17IN2O4. The lowest BCUT2D eigenvalue weighted by Gasteiger charge is -2.15. The molecule has 21 heavy (non-hydrogen) atoms. The first-order valence-corrected chi connectivity index (χ1v) is 7.70. The van der Waals surface area contributed by atoms with Crippen molar-refractivity contribution in [1.29, 1.82) is 0 Å². The minimum Gasteiger partial charge on any atom is -0.478 e. The Morgan fingerprint density at radius 2 is 2.14 bits per heavy atom. The third-order valence-electron chi connectivity index (χ3n) is 3.51. The Labute approximate surface area is 136 Å². The van der Waals surface area contributed by atoms with Crippen LogP contribution in [-0.4, -0.2) is 36.4 Å². The highest BCUT2D eigenvalue weighted by Crippen LogP contribution is 2.22. The molecule has 1 fully saturated rings. The Kier molecular flexibility index (Phi) is 5.40. The van der Waals surface area contributed by atoms with E-state index in [4.69, 9.17) is 9.84 Å². The average Bonchev–Trinajstić information content (AvgIpc) is 2.88. The summed E-state index contributed by atoms with van der Waals surface area (Å²) in [5, 5.41) is 14.6. The summed E-state index contributed by atoms with van der Waals surface area (Å²) in [7, 11) is 1.66. The summed E-state index contributed by atoms with van der Waals surface area (Å²) in [4.78, 5) is 23.2. The van der Waals surface area contributed by atoms with Gasteiger partial charge in [-0.2, -0.15) is 0 Å². The number of nitrogens with one attached hydrogen (secondary N) is 2. The Hall–Kier alpha value is -1.35. The molecule has 0 aromatic heterocycles. The van der Waals surface area contributed by atoms with Gasteiger partial charge in [0, 0.05) is 16.7 Å². The van der Waals surface area contributed by atoms with Crippen LogP contribution in [-0.2, 0) is 4.74 Å². The zero-order valence-electron chi connectivity index (χ0n) is 11.6. The molecule has 1 aromatic carbocycles. The number of benzene rings is 1. The third kappa shape index (κ3) is 4.31. The molecule has 1 saturated carbocycles. The SMILES string of the molecule is COC1CCC(NC(=O)Nc2ccc(I)cc2C(=O)O)C1. The van der Waals surface area contributed by atoms with Crippen LogP contribution in [0.1, 0.15) is 29.6 Å². The Morgan fingerprint density at radius 1 is 1.38 bits per heavy atom. The van der Waals surface area contributed by atoms with Crippen LogP contribution in [0.25, 0.3) is 0 Å². The van der Waals surface area contributed by atoms with Crippen LogP contribution in [0.3, 0.4) is 0 Å². The molecule has 1 aliphatic carbocycles. The molecule has 2 amide bonds. The van der Waals surface area contributed by atoms with Crippen molar-refractivity contribution in [1.82, 2.24) is 5.32 Å². The summed E-state index contributed by atoms with van der Waals surface area (Å²) < 4.78 is 6.06. The van der Waals surface area contributed by atoms with Gasteiger partial charge in [-0.3, -0.25) is 0 Å². The number of aromatic carboxylic acids is 1. The number of urea groups is 1. The fourth-order valence-electron chi connectivity index (χ4n) is 2.43. The van der Waals surface area contributed by atoms with E-state index in [0.717, 1.165) is 22.8 Å². The highest BCUT2D eigenvalue weighted by atomic mass is 127. The minimum atomic E-state index is -1.07. The lowest BCUT2D eigenvalue weighted by Crippen LogP contribution is -2.37. The molecule has 2 unspecified atom stereocenters.